The Balaban J connectivity index is 2.21. The number of aromatic nitrogens is 1. The first-order valence-corrected chi connectivity index (χ1v) is 7.61. The van der Waals surface area contributed by atoms with Gasteiger partial charge in [0.2, 0.25) is 0 Å². The number of hydrogen-bond donors (Lipinski definition) is 1. The fourth-order valence-corrected chi connectivity index (χ4v) is 3.06. The van der Waals surface area contributed by atoms with Crippen molar-refractivity contribution in [1.29, 1.82) is 0 Å². The lowest BCUT2D eigenvalue weighted by Crippen LogP contribution is -2.15. The highest BCUT2D eigenvalue weighted by molar-refractivity contribution is 14.1. The molecular formula is C13H11BrClIN2. The van der Waals surface area contributed by atoms with Crippen LogP contribution in [0.5, 0.6) is 0 Å². The largest absolute Gasteiger partial charge is 0.324 e. The first-order chi connectivity index (χ1) is 8.56. The Kier molecular flexibility index (Phi) is 5.00. The van der Waals surface area contributed by atoms with Crippen LogP contribution in [-0.4, -0.2) is 4.98 Å². The van der Waals surface area contributed by atoms with Crippen molar-refractivity contribution in [2.45, 2.75) is 12.5 Å². The minimum Gasteiger partial charge on any atom is -0.324 e. The maximum absolute atomic E-state index is 6.24. The molecule has 2 N–H and O–H groups in total. The second-order valence-electron chi connectivity index (χ2n) is 3.99. The molecule has 0 aliphatic rings. The molecule has 0 radical (unpaired) electrons. The number of benzene rings is 1. The van der Waals surface area contributed by atoms with Crippen LogP contribution in [0.2, 0.25) is 5.02 Å². The van der Waals surface area contributed by atoms with Crippen LogP contribution in [0.4, 0.5) is 0 Å². The van der Waals surface area contributed by atoms with Gasteiger partial charge >= 0.3 is 0 Å². The average molecular weight is 438 g/mol. The smallest absolute Gasteiger partial charge is 0.0410 e. The fourth-order valence-electron chi connectivity index (χ4n) is 1.73. The normalized spacial score (nSPS) is 12.4. The van der Waals surface area contributed by atoms with Crippen LogP contribution in [0, 0.1) is 3.57 Å². The monoisotopic (exact) mass is 436 g/mol. The van der Waals surface area contributed by atoms with Gasteiger partial charge in [0.15, 0.2) is 0 Å². The second kappa shape index (κ2) is 6.32. The third kappa shape index (κ3) is 3.66. The van der Waals surface area contributed by atoms with Crippen molar-refractivity contribution >= 4 is 50.1 Å². The summed E-state index contributed by atoms with van der Waals surface area (Å²) in [5.74, 6) is 0. The van der Waals surface area contributed by atoms with Gasteiger partial charge in [0.25, 0.3) is 0 Å². The van der Waals surface area contributed by atoms with Crippen LogP contribution in [0.3, 0.4) is 0 Å². The second-order valence-corrected chi connectivity index (χ2v) is 6.50. The van der Waals surface area contributed by atoms with Crippen molar-refractivity contribution in [2.24, 2.45) is 5.73 Å². The number of pyridine rings is 1. The van der Waals surface area contributed by atoms with E-state index in [9.17, 15) is 0 Å². The molecule has 1 unspecified atom stereocenters. The van der Waals surface area contributed by atoms with Gasteiger partial charge < -0.3 is 5.73 Å². The molecule has 0 fully saturated rings. The van der Waals surface area contributed by atoms with Gasteiger partial charge in [-0.25, -0.2) is 0 Å². The summed E-state index contributed by atoms with van der Waals surface area (Å²) in [4.78, 5) is 4.14. The van der Waals surface area contributed by atoms with Gasteiger partial charge in [-0.15, -0.1) is 0 Å². The van der Waals surface area contributed by atoms with Gasteiger partial charge in [-0.3, -0.25) is 4.98 Å². The first-order valence-electron chi connectivity index (χ1n) is 5.36. The summed E-state index contributed by atoms with van der Waals surface area (Å²) in [6, 6.07) is 7.74. The summed E-state index contributed by atoms with van der Waals surface area (Å²) in [5.41, 5.74) is 8.42. The lowest BCUT2D eigenvalue weighted by Gasteiger charge is -2.14. The molecule has 0 aliphatic heterocycles. The molecule has 94 valence electrons. The van der Waals surface area contributed by atoms with Gasteiger partial charge in [0.1, 0.15) is 0 Å². The molecule has 1 aromatic carbocycles. The zero-order valence-electron chi connectivity index (χ0n) is 9.41. The molecule has 1 heterocycles. The van der Waals surface area contributed by atoms with Gasteiger partial charge in [-0.1, -0.05) is 11.6 Å². The zero-order chi connectivity index (χ0) is 13.1. The highest BCUT2D eigenvalue weighted by Gasteiger charge is 2.11. The predicted octanol–water partition coefficient (Wildman–Crippen LogP) is 4.34. The van der Waals surface area contributed by atoms with Gasteiger partial charge in [-0.2, -0.15) is 0 Å². The maximum atomic E-state index is 6.24. The molecule has 18 heavy (non-hydrogen) atoms. The molecule has 1 atom stereocenters. The van der Waals surface area contributed by atoms with Gasteiger partial charge in [-0.05, 0) is 80.3 Å². The zero-order valence-corrected chi connectivity index (χ0v) is 13.9. The Labute approximate surface area is 133 Å². The van der Waals surface area contributed by atoms with Crippen molar-refractivity contribution < 1.29 is 0 Å². The van der Waals surface area contributed by atoms with Crippen LogP contribution in [0.25, 0.3) is 0 Å². The first kappa shape index (κ1) is 14.2. The van der Waals surface area contributed by atoms with Crippen LogP contribution in [0.1, 0.15) is 17.2 Å². The highest BCUT2D eigenvalue weighted by Crippen LogP contribution is 2.25. The van der Waals surface area contributed by atoms with E-state index >= 15 is 0 Å². The van der Waals surface area contributed by atoms with Gasteiger partial charge in [0.05, 0.1) is 0 Å². The van der Waals surface area contributed by atoms with Crippen LogP contribution in [-0.2, 0) is 6.42 Å². The molecule has 2 nitrogen and oxygen atoms in total. The Bertz CT molecular complexity index is 562. The maximum Gasteiger partial charge on any atom is 0.0410 e. The van der Waals surface area contributed by atoms with E-state index in [1.807, 2.05) is 30.5 Å². The number of hydrogen-bond acceptors (Lipinski definition) is 2. The van der Waals surface area contributed by atoms with E-state index in [-0.39, 0.29) is 6.04 Å². The van der Waals surface area contributed by atoms with Crippen LogP contribution < -0.4 is 5.73 Å². The average Bonchev–Trinajstić information content (AvgIpc) is 2.32. The molecule has 0 saturated carbocycles. The van der Waals surface area contributed by atoms with Crippen molar-refractivity contribution in [3.05, 3.63) is 60.9 Å². The van der Waals surface area contributed by atoms with E-state index in [1.165, 1.54) is 0 Å². The third-order valence-electron chi connectivity index (χ3n) is 2.57. The molecule has 0 amide bonds. The minimum absolute atomic E-state index is 0.0771. The van der Waals surface area contributed by atoms with Crippen molar-refractivity contribution in [1.82, 2.24) is 4.98 Å². The van der Waals surface area contributed by atoms with E-state index in [1.54, 1.807) is 6.20 Å². The van der Waals surface area contributed by atoms with Gasteiger partial charge in [0, 0.05) is 31.5 Å². The standard InChI is InChI=1S/C13H11BrClIN2/c14-9-3-8(6-18-7-9)4-13(17)11-5-10(15)1-2-12(11)16/h1-3,5-7,13H,4,17H2. The van der Waals surface area contributed by atoms with Crippen molar-refractivity contribution in [3.63, 3.8) is 0 Å². The van der Waals surface area contributed by atoms with Crippen LogP contribution >= 0.6 is 50.1 Å². The number of rotatable bonds is 3. The lowest BCUT2D eigenvalue weighted by atomic mass is 10.0. The molecule has 2 aromatic rings. The predicted molar refractivity (Wildman–Crippen MR) is 86.7 cm³/mol. The van der Waals surface area contributed by atoms with Crippen molar-refractivity contribution in [3.8, 4) is 0 Å². The number of nitrogens with zero attached hydrogens (tertiary/aromatic N) is 1. The molecule has 0 bridgehead atoms. The molecule has 0 aliphatic carbocycles. The molecule has 5 heteroatoms. The van der Waals surface area contributed by atoms with E-state index in [0.717, 1.165) is 25.6 Å². The van der Waals surface area contributed by atoms with Crippen molar-refractivity contribution in [2.75, 3.05) is 0 Å². The molecule has 0 spiro atoms. The van der Waals surface area contributed by atoms with Crippen LogP contribution in [0.15, 0.2) is 41.1 Å². The minimum atomic E-state index is -0.0771. The summed E-state index contributed by atoms with van der Waals surface area (Å²) < 4.78 is 2.10. The summed E-state index contributed by atoms with van der Waals surface area (Å²) in [7, 11) is 0. The molecule has 1 aromatic heterocycles. The Morgan fingerprint density at radius 2 is 2.11 bits per heavy atom. The molecule has 0 saturated heterocycles. The Morgan fingerprint density at radius 1 is 1.33 bits per heavy atom. The lowest BCUT2D eigenvalue weighted by molar-refractivity contribution is 0.715. The third-order valence-corrected chi connectivity index (χ3v) is 4.23. The van der Waals surface area contributed by atoms with E-state index < -0.39 is 0 Å². The summed E-state index contributed by atoms with van der Waals surface area (Å²) >= 11 is 11.7. The summed E-state index contributed by atoms with van der Waals surface area (Å²) in [6.45, 7) is 0. The SMILES string of the molecule is NC(Cc1cncc(Br)c1)c1cc(Cl)ccc1I. The quantitative estimate of drug-likeness (QED) is 0.726. The number of nitrogens with two attached hydrogens (primary N) is 1. The van der Waals surface area contributed by atoms with E-state index in [0.29, 0.717) is 5.02 Å². The molecule has 2 rings (SSSR count). The summed E-state index contributed by atoms with van der Waals surface area (Å²) in [6.07, 6.45) is 4.34. The van der Waals surface area contributed by atoms with E-state index in [4.69, 9.17) is 17.3 Å². The number of halogens is 3. The Morgan fingerprint density at radius 3 is 2.83 bits per heavy atom. The Hall–Kier alpha value is -0.170. The summed E-state index contributed by atoms with van der Waals surface area (Å²) in [5, 5.41) is 0.716. The fraction of sp³-hybridized carbons (Fsp3) is 0.154. The van der Waals surface area contributed by atoms with E-state index in [2.05, 4.69) is 43.5 Å². The highest BCUT2D eigenvalue weighted by atomic mass is 127. The molecular weight excluding hydrogens is 426 g/mol. The topological polar surface area (TPSA) is 38.9 Å².